The molecule has 0 aromatic carbocycles. The number of fused-ring (bicyclic) bond motifs is 1. The van der Waals surface area contributed by atoms with Crippen LogP contribution < -0.4 is 0 Å². The summed E-state index contributed by atoms with van der Waals surface area (Å²) in [6.07, 6.45) is 5.52. The average Bonchev–Trinajstić information content (AvgIpc) is 3.24. The maximum Gasteiger partial charge on any atom is 0.308 e. The minimum absolute atomic E-state index is 0.0463. The summed E-state index contributed by atoms with van der Waals surface area (Å²) in [4.78, 5) is 24.9. The van der Waals surface area contributed by atoms with Gasteiger partial charge in [-0.15, -0.1) is 0 Å². The summed E-state index contributed by atoms with van der Waals surface area (Å²) in [6.45, 7) is 10.4. The summed E-state index contributed by atoms with van der Waals surface area (Å²) in [7, 11) is 0. The lowest BCUT2D eigenvalue weighted by Crippen LogP contribution is -2.42. The Morgan fingerprint density at radius 3 is 2.42 bits per heavy atom. The number of hydrogen-bond donors (Lipinski definition) is 1. The highest BCUT2D eigenvalue weighted by molar-refractivity contribution is 5.87. The number of Topliss-reactive ketones (excluding diaryl/α,β-unsaturated/α-hetero) is 1. The lowest BCUT2D eigenvalue weighted by molar-refractivity contribution is -0.150. The van der Waals surface area contributed by atoms with Crippen LogP contribution in [0.5, 0.6) is 0 Å². The first-order valence-electron chi connectivity index (χ1n) is 10.6. The third-order valence-corrected chi connectivity index (χ3v) is 6.96. The average molecular weight is 367 g/mol. The molecule has 1 saturated carbocycles. The van der Waals surface area contributed by atoms with E-state index in [1.807, 2.05) is 6.92 Å². The highest BCUT2D eigenvalue weighted by atomic mass is 16.5. The molecule has 0 bridgehead atoms. The highest BCUT2D eigenvalue weighted by Crippen LogP contribution is 2.53. The largest absolute Gasteiger partial charge is 0.466 e. The van der Waals surface area contributed by atoms with Crippen molar-refractivity contribution in [2.24, 2.45) is 35.0 Å². The van der Waals surface area contributed by atoms with Crippen molar-refractivity contribution in [3.8, 4) is 0 Å². The molecule has 3 unspecified atom stereocenters. The van der Waals surface area contributed by atoms with Crippen molar-refractivity contribution in [3.63, 3.8) is 0 Å². The van der Waals surface area contributed by atoms with Crippen molar-refractivity contribution in [2.75, 3.05) is 6.61 Å². The Morgan fingerprint density at radius 2 is 1.77 bits per heavy atom. The molecule has 150 valence electrons. The first-order valence-corrected chi connectivity index (χ1v) is 10.6. The monoisotopic (exact) mass is 366 g/mol. The molecule has 4 nitrogen and oxygen atoms in total. The van der Waals surface area contributed by atoms with Gasteiger partial charge in [0.1, 0.15) is 5.78 Å². The van der Waals surface area contributed by atoms with E-state index in [9.17, 15) is 14.7 Å². The number of aliphatic hydroxyl groups excluding tert-OH is 1. The smallest absolute Gasteiger partial charge is 0.308 e. The van der Waals surface area contributed by atoms with E-state index in [1.54, 1.807) is 13.8 Å². The molecule has 0 radical (unpaired) electrons. The zero-order valence-corrected chi connectivity index (χ0v) is 17.3. The number of rotatable bonds is 1. The van der Waals surface area contributed by atoms with Gasteiger partial charge in [-0.1, -0.05) is 53.9 Å². The molecule has 2 fully saturated rings. The van der Waals surface area contributed by atoms with Crippen molar-refractivity contribution < 1.29 is 19.4 Å². The van der Waals surface area contributed by atoms with Crippen LogP contribution in [0, 0.1) is 35.0 Å². The minimum Gasteiger partial charge on any atom is -0.466 e. The standard InChI is InChI=1S/C22H38O4/c1-6-16-17-9-7-8-14(2)12-15(3)21(25)22(4,5)19(23)13-20(24)26-11-10-18(16)17/h14-19,23H,6-13H2,1-5H3/t14-,15+,16?,17?,18?,19-/m0/s1. The van der Waals surface area contributed by atoms with Gasteiger partial charge in [0.25, 0.3) is 0 Å². The first-order chi connectivity index (χ1) is 12.2. The number of hydrogen-bond acceptors (Lipinski definition) is 4. The van der Waals surface area contributed by atoms with Crippen molar-refractivity contribution in [3.05, 3.63) is 0 Å². The maximum absolute atomic E-state index is 12.9. The van der Waals surface area contributed by atoms with Gasteiger partial charge < -0.3 is 9.84 Å². The number of ketones is 1. The van der Waals surface area contributed by atoms with Crippen LogP contribution in [-0.2, 0) is 14.3 Å². The summed E-state index contributed by atoms with van der Waals surface area (Å²) in [5.41, 5.74) is -0.926. The van der Waals surface area contributed by atoms with Crippen LogP contribution in [-0.4, -0.2) is 29.6 Å². The molecule has 0 aromatic rings. The Morgan fingerprint density at radius 1 is 1.12 bits per heavy atom. The van der Waals surface area contributed by atoms with Gasteiger partial charge in [-0.2, -0.15) is 0 Å². The molecule has 1 aliphatic carbocycles. The van der Waals surface area contributed by atoms with E-state index < -0.39 is 17.5 Å². The van der Waals surface area contributed by atoms with Gasteiger partial charge in [0.05, 0.1) is 24.5 Å². The fourth-order valence-electron chi connectivity index (χ4n) is 5.10. The maximum atomic E-state index is 12.9. The van der Waals surface area contributed by atoms with E-state index in [4.69, 9.17) is 4.74 Å². The summed E-state index contributed by atoms with van der Waals surface area (Å²) >= 11 is 0. The van der Waals surface area contributed by atoms with Gasteiger partial charge in [-0.05, 0) is 42.9 Å². The minimum atomic E-state index is -0.995. The molecule has 1 aliphatic heterocycles. The Kier molecular flexibility index (Phi) is 7.29. The van der Waals surface area contributed by atoms with Gasteiger partial charge >= 0.3 is 5.97 Å². The van der Waals surface area contributed by atoms with Crippen LogP contribution in [0.3, 0.4) is 0 Å². The van der Waals surface area contributed by atoms with Crippen molar-refractivity contribution in [2.45, 2.75) is 85.7 Å². The van der Waals surface area contributed by atoms with E-state index in [-0.39, 0.29) is 18.1 Å². The van der Waals surface area contributed by atoms with Crippen molar-refractivity contribution in [1.82, 2.24) is 0 Å². The molecule has 1 heterocycles. The predicted molar refractivity (Wildman–Crippen MR) is 103 cm³/mol. The van der Waals surface area contributed by atoms with Crippen LogP contribution in [0.1, 0.15) is 79.6 Å². The lowest BCUT2D eigenvalue weighted by atomic mass is 9.74. The van der Waals surface area contributed by atoms with E-state index in [0.717, 1.165) is 31.1 Å². The molecule has 0 spiro atoms. The Hall–Kier alpha value is -0.900. The molecule has 2 rings (SSSR count). The molecule has 2 aliphatic rings. The van der Waals surface area contributed by atoms with E-state index >= 15 is 0 Å². The molecule has 4 heteroatoms. The number of ether oxygens (including phenoxy) is 1. The predicted octanol–water partition coefficient (Wildman–Crippen LogP) is 4.38. The highest BCUT2D eigenvalue weighted by Gasteiger charge is 2.47. The molecule has 1 N–H and O–H groups in total. The van der Waals surface area contributed by atoms with Gasteiger partial charge in [0.15, 0.2) is 0 Å². The third-order valence-electron chi connectivity index (χ3n) is 6.96. The molecule has 26 heavy (non-hydrogen) atoms. The van der Waals surface area contributed by atoms with E-state index in [2.05, 4.69) is 13.8 Å². The molecule has 6 atom stereocenters. The third kappa shape index (κ3) is 5.09. The molecular weight excluding hydrogens is 328 g/mol. The second kappa shape index (κ2) is 8.86. The topological polar surface area (TPSA) is 63.6 Å². The number of esters is 1. The summed E-state index contributed by atoms with van der Waals surface area (Å²) in [5.74, 6) is 2.32. The second-order valence-corrected chi connectivity index (χ2v) is 9.39. The van der Waals surface area contributed by atoms with Gasteiger partial charge in [-0.25, -0.2) is 0 Å². The van der Waals surface area contributed by atoms with Crippen molar-refractivity contribution in [1.29, 1.82) is 0 Å². The van der Waals surface area contributed by atoms with Crippen LogP contribution in [0.25, 0.3) is 0 Å². The Bertz CT molecular complexity index is 498. The molecule has 0 aromatic heterocycles. The number of aliphatic hydroxyl groups is 1. The summed E-state index contributed by atoms with van der Waals surface area (Å²) in [5, 5.41) is 10.5. The van der Waals surface area contributed by atoms with Gasteiger partial charge in [-0.3, -0.25) is 9.59 Å². The van der Waals surface area contributed by atoms with Gasteiger partial charge in [0, 0.05) is 5.92 Å². The fourth-order valence-corrected chi connectivity index (χ4v) is 5.10. The van der Waals surface area contributed by atoms with Gasteiger partial charge in [0.2, 0.25) is 0 Å². The van der Waals surface area contributed by atoms with E-state index in [1.165, 1.54) is 19.3 Å². The van der Waals surface area contributed by atoms with Crippen LogP contribution in [0.4, 0.5) is 0 Å². The molecule has 0 amide bonds. The summed E-state index contributed by atoms with van der Waals surface area (Å²) < 4.78 is 5.37. The Balaban J connectivity index is 2.05. The second-order valence-electron chi connectivity index (χ2n) is 9.39. The van der Waals surface area contributed by atoms with E-state index in [0.29, 0.717) is 18.4 Å². The van der Waals surface area contributed by atoms with Crippen LogP contribution in [0.2, 0.25) is 0 Å². The fraction of sp³-hybridized carbons (Fsp3) is 0.909. The zero-order chi connectivity index (χ0) is 19.5. The summed E-state index contributed by atoms with van der Waals surface area (Å²) in [6, 6.07) is 0. The van der Waals surface area contributed by atoms with Crippen LogP contribution >= 0.6 is 0 Å². The normalized spacial score (nSPS) is 39.8. The Labute approximate surface area is 159 Å². The number of cyclic esters (lactones) is 1. The molecule has 1 saturated heterocycles. The zero-order valence-electron chi connectivity index (χ0n) is 17.3. The SMILES string of the molecule is CCC1C2CCC[C@H](C)C[C@@H](C)C(=O)C(C)(C)[C@@H](O)CC(=O)OCCC12. The quantitative estimate of drug-likeness (QED) is 0.699. The molecular formula is C22H38O4. The number of carbonyl (C=O) groups is 2. The number of carbonyl (C=O) groups excluding carboxylic acids is 2. The lowest BCUT2D eigenvalue weighted by Gasteiger charge is -2.32. The van der Waals surface area contributed by atoms with Crippen LogP contribution in [0.15, 0.2) is 0 Å². The first kappa shape index (κ1) is 21.4. The van der Waals surface area contributed by atoms with Crippen molar-refractivity contribution >= 4 is 11.8 Å².